The van der Waals surface area contributed by atoms with Crippen molar-refractivity contribution in [3.63, 3.8) is 0 Å². The Balaban J connectivity index is 1.90. The molecule has 0 spiro atoms. The van der Waals surface area contributed by atoms with Crippen molar-refractivity contribution in [3.05, 3.63) is 59.7 Å². The zero-order valence-electron chi connectivity index (χ0n) is 21.8. The molecule has 2 rings (SSSR count). The minimum Gasteiger partial charge on any atom is -0.488 e. The van der Waals surface area contributed by atoms with Gasteiger partial charge in [-0.2, -0.15) is 5.10 Å². The molecule has 0 saturated carbocycles. The number of benzene rings is 2. The fourth-order valence-electron chi connectivity index (χ4n) is 3.10. The van der Waals surface area contributed by atoms with Gasteiger partial charge < -0.3 is 28.8 Å². The summed E-state index contributed by atoms with van der Waals surface area (Å²) in [5.74, 6) is 1.33. The highest BCUT2D eigenvalue weighted by Gasteiger charge is 2.25. The lowest BCUT2D eigenvalue weighted by Gasteiger charge is -2.24. The van der Waals surface area contributed by atoms with Gasteiger partial charge >= 0.3 is 15.2 Å². The SMILES string of the molecule is CCC(C)(C)Oc1ccc(C=NN(C)[PH](=S)Oc2ccc(CCN(CP(=O)(O)O)CP(=O)(O)O)cc2)cc1. The molecular formula is C23H36N3O8P3S. The van der Waals surface area contributed by atoms with Crippen LogP contribution >= 0.6 is 22.3 Å². The van der Waals surface area contributed by atoms with E-state index in [1.807, 2.05) is 38.1 Å². The highest BCUT2D eigenvalue weighted by atomic mass is 32.4. The lowest BCUT2D eigenvalue weighted by molar-refractivity contribution is 0.105. The van der Waals surface area contributed by atoms with Gasteiger partial charge in [0.25, 0.3) is 0 Å². The van der Waals surface area contributed by atoms with Crippen LogP contribution in [0, 0.1) is 0 Å². The first kappa shape index (κ1) is 32.6. The second kappa shape index (κ2) is 14.2. The van der Waals surface area contributed by atoms with Crippen LogP contribution in [0.15, 0.2) is 53.6 Å². The van der Waals surface area contributed by atoms with Crippen molar-refractivity contribution in [2.45, 2.75) is 39.2 Å². The Hall–Kier alpha value is -1.58. The van der Waals surface area contributed by atoms with Crippen molar-refractivity contribution in [1.82, 2.24) is 9.68 Å². The third kappa shape index (κ3) is 13.0. The molecule has 0 aromatic heterocycles. The van der Waals surface area contributed by atoms with Gasteiger partial charge in [-0.3, -0.25) is 14.0 Å². The average Bonchev–Trinajstić information content (AvgIpc) is 2.80. The van der Waals surface area contributed by atoms with Crippen LogP contribution in [0.25, 0.3) is 0 Å². The molecular weight excluding hydrogens is 571 g/mol. The fourth-order valence-corrected chi connectivity index (χ4v) is 5.83. The molecule has 2 aromatic carbocycles. The van der Waals surface area contributed by atoms with Crippen LogP contribution < -0.4 is 9.26 Å². The Labute approximate surface area is 229 Å². The lowest BCUT2D eigenvalue weighted by atomic mass is 10.1. The number of nitrogens with zero attached hydrogens (tertiary/aromatic N) is 3. The van der Waals surface area contributed by atoms with Gasteiger partial charge in [-0.15, -0.1) is 0 Å². The summed E-state index contributed by atoms with van der Waals surface area (Å²) in [4.78, 5) is 37.8. The molecule has 0 heterocycles. The Morgan fingerprint density at radius 3 is 2.00 bits per heavy atom. The van der Waals surface area contributed by atoms with Crippen LogP contribution in [-0.2, 0) is 27.4 Å². The van der Waals surface area contributed by atoms with Gasteiger partial charge in [0.15, 0.2) is 0 Å². The first-order valence-electron chi connectivity index (χ1n) is 11.7. The Kier molecular flexibility index (Phi) is 12.2. The number of rotatable bonds is 15. The summed E-state index contributed by atoms with van der Waals surface area (Å²) in [6.07, 6.45) is 1.45. The number of hydrogen-bond donors (Lipinski definition) is 4. The molecule has 0 aliphatic heterocycles. The Morgan fingerprint density at radius 2 is 1.50 bits per heavy atom. The molecule has 0 saturated heterocycles. The molecule has 0 amide bonds. The summed E-state index contributed by atoms with van der Waals surface area (Å²) in [5.41, 5.74) is 1.46. The lowest BCUT2D eigenvalue weighted by Crippen LogP contribution is -2.28. The van der Waals surface area contributed by atoms with Crippen LogP contribution in [0.5, 0.6) is 11.5 Å². The molecule has 15 heteroatoms. The second-order valence-electron chi connectivity index (χ2n) is 9.32. The van der Waals surface area contributed by atoms with Crippen LogP contribution in [0.4, 0.5) is 0 Å². The highest BCUT2D eigenvalue weighted by molar-refractivity contribution is 8.02. The summed E-state index contributed by atoms with van der Waals surface area (Å²) >= 11 is 5.49. The van der Waals surface area contributed by atoms with Crippen LogP contribution in [0.3, 0.4) is 0 Å². The van der Waals surface area contributed by atoms with E-state index in [0.717, 1.165) is 28.2 Å². The smallest absolute Gasteiger partial charge is 0.339 e. The first-order chi connectivity index (χ1) is 17.5. The molecule has 11 nitrogen and oxygen atoms in total. The monoisotopic (exact) mass is 607 g/mol. The van der Waals surface area contributed by atoms with Gasteiger partial charge in [0.05, 0.1) is 6.21 Å². The summed E-state index contributed by atoms with van der Waals surface area (Å²) < 4.78 is 36.0. The van der Waals surface area contributed by atoms with E-state index in [0.29, 0.717) is 12.2 Å². The van der Waals surface area contributed by atoms with E-state index >= 15 is 0 Å². The topological polar surface area (TPSA) is 152 Å². The quantitative estimate of drug-likeness (QED) is 0.131. The largest absolute Gasteiger partial charge is 0.488 e. The molecule has 0 bridgehead atoms. The van der Waals surface area contributed by atoms with Crippen LogP contribution in [0.2, 0.25) is 0 Å². The van der Waals surface area contributed by atoms with Gasteiger partial charge in [-0.25, -0.2) is 4.78 Å². The summed E-state index contributed by atoms with van der Waals surface area (Å²) in [5, 5.41) is 4.39. The van der Waals surface area contributed by atoms with Crippen molar-refractivity contribution in [2.24, 2.45) is 5.10 Å². The maximum absolute atomic E-state index is 11.3. The molecule has 0 fully saturated rings. The van der Waals surface area contributed by atoms with Crippen LogP contribution in [0.1, 0.15) is 38.3 Å². The van der Waals surface area contributed by atoms with E-state index in [2.05, 4.69) is 12.0 Å². The molecule has 2 aromatic rings. The normalized spacial score (nSPS) is 13.6. The average molecular weight is 608 g/mol. The second-order valence-corrected chi connectivity index (χ2v) is 15.0. The van der Waals surface area contributed by atoms with E-state index in [4.69, 9.17) is 21.1 Å². The summed E-state index contributed by atoms with van der Waals surface area (Å²) in [7, 11) is -9.08. The minimum absolute atomic E-state index is 0.0629. The van der Waals surface area contributed by atoms with E-state index in [1.54, 1.807) is 42.3 Å². The van der Waals surface area contributed by atoms with Crippen molar-refractivity contribution in [3.8, 4) is 11.5 Å². The summed E-state index contributed by atoms with van der Waals surface area (Å²) in [6.45, 7) is 6.22. The predicted molar refractivity (Wildman–Crippen MR) is 154 cm³/mol. The fraction of sp³-hybridized carbons (Fsp3) is 0.435. The van der Waals surface area contributed by atoms with Gasteiger partial charge in [0.2, 0.25) is 7.07 Å². The van der Waals surface area contributed by atoms with Gasteiger partial charge in [-0.1, -0.05) is 19.1 Å². The molecule has 0 radical (unpaired) electrons. The molecule has 0 aliphatic carbocycles. The maximum atomic E-state index is 11.3. The molecule has 0 aliphatic rings. The molecule has 38 heavy (non-hydrogen) atoms. The van der Waals surface area contributed by atoms with Crippen molar-refractivity contribution >= 4 is 40.3 Å². The maximum Gasteiger partial charge on any atom is 0.339 e. The zero-order valence-corrected chi connectivity index (χ0v) is 25.4. The Morgan fingerprint density at radius 1 is 0.974 bits per heavy atom. The predicted octanol–water partition coefficient (Wildman–Crippen LogP) is 4.22. The van der Waals surface area contributed by atoms with E-state index in [1.165, 1.54) is 0 Å². The van der Waals surface area contributed by atoms with E-state index in [-0.39, 0.29) is 12.1 Å². The van der Waals surface area contributed by atoms with Crippen molar-refractivity contribution in [2.75, 3.05) is 26.2 Å². The third-order valence-corrected chi connectivity index (χ3v) is 9.02. The number of ether oxygens (including phenoxy) is 1. The third-order valence-electron chi connectivity index (χ3n) is 5.38. The van der Waals surface area contributed by atoms with Crippen molar-refractivity contribution in [1.29, 1.82) is 0 Å². The summed E-state index contributed by atoms with van der Waals surface area (Å²) in [6, 6.07) is 14.6. The van der Waals surface area contributed by atoms with Crippen LogP contribution in [-0.4, -0.2) is 67.2 Å². The van der Waals surface area contributed by atoms with Gasteiger partial charge in [0.1, 0.15) is 29.7 Å². The minimum atomic E-state index is -4.47. The standard InChI is InChI=1S/C23H36N3O8P3S/c1-5-23(2,3)33-21-10-8-20(9-11-21)16-24-25(4)35(38)34-22-12-6-19(7-13-22)14-15-26(17-36(27,28)29)18-37(30,31)32/h6-13,16,35H,5,14-15,17-18H2,1-4H3,(H2,27,28,29)(H2,30,31,32). The van der Waals surface area contributed by atoms with Gasteiger partial charge in [0, 0.05) is 13.6 Å². The van der Waals surface area contributed by atoms with Crippen molar-refractivity contribution < 1.29 is 38.0 Å². The van der Waals surface area contributed by atoms with Gasteiger partial charge in [-0.05, 0) is 86.0 Å². The molecule has 4 N–H and O–H groups in total. The first-order valence-corrected chi connectivity index (χ1v) is 17.8. The van der Waals surface area contributed by atoms with E-state index < -0.39 is 34.8 Å². The molecule has 1 unspecified atom stereocenters. The molecule has 1 atom stereocenters. The number of hydrogen-bond acceptors (Lipinski definition) is 7. The molecule has 212 valence electrons. The highest BCUT2D eigenvalue weighted by Crippen LogP contribution is 2.40. The zero-order chi connectivity index (χ0) is 28.6. The Bertz CT molecular complexity index is 1160. The van der Waals surface area contributed by atoms with E-state index in [9.17, 15) is 28.7 Å². The number of hydrazone groups is 1.